The summed E-state index contributed by atoms with van der Waals surface area (Å²) in [6.45, 7) is 3.45. The number of azide groups is 1. The molecule has 1 aromatic carbocycles. The van der Waals surface area contributed by atoms with Gasteiger partial charge in [0.25, 0.3) is 0 Å². The largest absolute Gasteiger partial charge is 0.228 e. The quantitative estimate of drug-likeness (QED) is 0.472. The van der Waals surface area contributed by atoms with Gasteiger partial charge in [-0.1, -0.05) is 25.0 Å². The van der Waals surface area contributed by atoms with Crippen molar-refractivity contribution in [1.82, 2.24) is 0 Å². The number of benzene rings is 1. The van der Waals surface area contributed by atoms with Crippen molar-refractivity contribution in [3.05, 3.63) is 39.8 Å². The number of hydrogen-bond acceptors (Lipinski definition) is 3. The smallest absolute Gasteiger partial charge is 0.154 e. The third-order valence-corrected chi connectivity index (χ3v) is 4.18. The minimum absolute atomic E-state index is 0.0925. The van der Waals surface area contributed by atoms with Crippen molar-refractivity contribution in [2.45, 2.75) is 19.6 Å². The van der Waals surface area contributed by atoms with Crippen LogP contribution in [0.15, 0.2) is 17.2 Å². The van der Waals surface area contributed by atoms with E-state index in [2.05, 4.69) is 10.0 Å². The molecule has 0 N–H and O–H groups in total. The molecule has 0 heterocycles. The number of hydrogen-bond donors (Lipinski definition) is 0. The third kappa shape index (κ3) is 4.18. The number of halogens is 2. The van der Waals surface area contributed by atoms with Gasteiger partial charge in [0.2, 0.25) is 0 Å². The fourth-order valence-electron chi connectivity index (χ4n) is 1.63. The van der Waals surface area contributed by atoms with Crippen LogP contribution >= 0.6 is 0 Å². The van der Waals surface area contributed by atoms with E-state index >= 15 is 0 Å². The van der Waals surface area contributed by atoms with Gasteiger partial charge in [-0.2, -0.15) is 0 Å². The van der Waals surface area contributed by atoms with Crippen LogP contribution < -0.4 is 0 Å². The van der Waals surface area contributed by atoms with Crippen LogP contribution in [0.2, 0.25) is 0 Å². The maximum Gasteiger partial charge on any atom is 0.154 e. The maximum atomic E-state index is 13.8. The van der Waals surface area contributed by atoms with Crippen LogP contribution in [0.25, 0.3) is 10.4 Å². The van der Waals surface area contributed by atoms with Crippen LogP contribution in [-0.4, -0.2) is 14.2 Å². The molecule has 8 heteroatoms. The van der Waals surface area contributed by atoms with Crippen molar-refractivity contribution in [3.63, 3.8) is 0 Å². The Morgan fingerprint density at radius 3 is 2.53 bits per heavy atom. The monoisotopic (exact) mass is 289 g/mol. The Kier molecular flexibility index (Phi) is 4.85. The van der Waals surface area contributed by atoms with Gasteiger partial charge >= 0.3 is 0 Å². The number of nitrogens with zero attached hydrogens (tertiary/aromatic N) is 3. The van der Waals surface area contributed by atoms with Gasteiger partial charge in [-0.25, -0.2) is 17.2 Å². The van der Waals surface area contributed by atoms with Crippen LogP contribution in [-0.2, 0) is 15.6 Å². The van der Waals surface area contributed by atoms with E-state index in [4.69, 9.17) is 5.53 Å². The average Bonchev–Trinajstić information content (AvgIpc) is 2.26. The van der Waals surface area contributed by atoms with E-state index in [0.717, 1.165) is 12.1 Å². The number of rotatable bonds is 5. The first kappa shape index (κ1) is 15.4. The van der Waals surface area contributed by atoms with Crippen LogP contribution in [0.4, 0.5) is 14.5 Å². The van der Waals surface area contributed by atoms with E-state index in [0.29, 0.717) is 0 Å². The molecule has 19 heavy (non-hydrogen) atoms. The summed E-state index contributed by atoms with van der Waals surface area (Å²) >= 11 is 0. The molecule has 5 nitrogen and oxygen atoms in total. The molecule has 0 aliphatic rings. The summed E-state index contributed by atoms with van der Waals surface area (Å²) in [5, 5.41) is 2.89. The normalized spacial score (nSPS) is 11.4. The summed E-state index contributed by atoms with van der Waals surface area (Å²) in [6.07, 6.45) is 0. The van der Waals surface area contributed by atoms with Crippen molar-refractivity contribution < 1.29 is 17.2 Å². The highest BCUT2D eigenvalue weighted by Gasteiger charge is 2.19. The zero-order chi connectivity index (χ0) is 14.6. The zero-order valence-corrected chi connectivity index (χ0v) is 11.3. The lowest BCUT2D eigenvalue weighted by atomic mass is 10.2. The van der Waals surface area contributed by atoms with E-state index in [1.165, 1.54) is 0 Å². The fourth-order valence-corrected chi connectivity index (χ4v) is 3.46. The van der Waals surface area contributed by atoms with Gasteiger partial charge in [0.15, 0.2) is 9.84 Å². The molecule has 0 aliphatic heterocycles. The van der Waals surface area contributed by atoms with Gasteiger partial charge in [0, 0.05) is 10.5 Å². The van der Waals surface area contributed by atoms with E-state index in [1.807, 2.05) is 0 Å². The molecule has 0 spiro atoms. The van der Waals surface area contributed by atoms with Crippen LogP contribution in [0, 0.1) is 17.6 Å². The molecule has 0 atom stereocenters. The van der Waals surface area contributed by atoms with Crippen molar-refractivity contribution >= 4 is 15.5 Å². The van der Waals surface area contributed by atoms with Crippen molar-refractivity contribution in [2.75, 3.05) is 5.75 Å². The molecule has 0 unspecified atom stereocenters. The molecular formula is C11H13F2N3O2S. The standard InChI is InChI=1S/C11H13F2N3O2S/c1-7(2)5-19(17,18)6-8-3-4-9(12)11(10(8)13)15-16-14/h3-4,7H,5-6H2,1-2H3. The fraction of sp³-hybridized carbons (Fsp3) is 0.455. The first-order chi connectivity index (χ1) is 8.76. The zero-order valence-electron chi connectivity index (χ0n) is 10.5. The van der Waals surface area contributed by atoms with Gasteiger partial charge < -0.3 is 0 Å². The van der Waals surface area contributed by atoms with E-state index in [9.17, 15) is 17.2 Å². The summed E-state index contributed by atoms with van der Waals surface area (Å²) in [5.41, 5.74) is 7.21. The lowest BCUT2D eigenvalue weighted by molar-refractivity contribution is 0.567. The predicted molar refractivity (Wildman–Crippen MR) is 67.5 cm³/mol. The maximum absolute atomic E-state index is 13.8. The Morgan fingerprint density at radius 2 is 2.00 bits per heavy atom. The van der Waals surface area contributed by atoms with Crippen molar-refractivity contribution in [1.29, 1.82) is 0 Å². The molecule has 0 fully saturated rings. The molecule has 1 rings (SSSR count). The van der Waals surface area contributed by atoms with Crippen LogP contribution in [0.1, 0.15) is 19.4 Å². The van der Waals surface area contributed by atoms with E-state index < -0.39 is 32.9 Å². The molecule has 104 valence electrons. The highest BCUT2D eigenvalue weighted by molar-refractivity contribution is 7.90. The summed E-state index contributed by atoms with van der Waals surface area (Å²) < 4.78 is 50.5. The third-order valence-electron chi connectivity index (χ3n) is 2.25. The van der Waals surface area contributed by atoms with E-state index in [-0.39, 0.29) is 17.2 Å². The Labute approximate surface area is 109 Å². The molecule has 0 bridgehead atoms. The minimum Gasteiger partial charge on any atom is -0.228 e. The lowest BCUT2D eigenvalue weighted by Gasteiger charge is -2.09. The molecular weight excluding hydrogens is 276 g/mol. The van der Waals surface area contributed by atoms with Crippen molar-refractivity contribution in [2.24, 2.45) is 11.0 Å². The molecule has 0 amide bonds. The highest BCUT2D eigenvalue weighted by Crippen LogP contribution is 2.26. The Morgan fingerprint density at radius 1 is 1.37 bits per heavy atom. The van der Waals surface area contributed by atoms with Gasteiger partial charge in [-0.05, 0) is 17.5 Å². The highest BCUT2D eigenvalue weighted by atomic mass is 32.2. The molecule has 0 saturated carbocycles. The first-order valence-electron chi connectivity index (χ1n) is 5.49. The Balaban J connectivity index is 3.17. The van der Waals surface area contributed by atoms with Crippen LogP contribution in [0.5, 0.6) is 0 Å². The molecule has 1 aromatic rings. The molecule has 0 radical (unpaired) electrons. The average molecular weight is 289 g/mol. The second-order valence-electron chi connectivity index (χ2n) is 4.51. The van der Waals surface area contributed by atoms with Gasteiger partial charge in [0.1, 0.15) is 17.3 Å². The van der Waals surface area contributed by atoms with Gasteiger partial charge in [-0.15, -0.1) is 0 Å². The second-order valence-corrected chi connectivity index (χ2v) is 6.62. The summed E-state index contributed by atoms with van der Waals surface area (Å²) in [4.78, 5) is 2.31. The summed E-state index contributed by atoms with van der Waals surface area (Å²) in [7, 11) is -3.50. The predicted octanol–water partition coefficient (Wildman–Crippen LogP) is 3.48. The number of sulfone groups is 1. The van der Waals surface area contributed by atoms with E-state index in [1.54, 1.807) is 13.8 Å². The van der Waals surface area contributed by atoms with Crippen molar-refractivity contribution in [3.8, 4) is 0 Å². The Hall–Kier alpha value is -1.66. The van der Waals surface area contributed by atoms with Crippen LogP contribution in [0.3, 0.4) is 0 Å². The lowest BCUT2D eigenvalue weighted by Crippen LogP contribution is -2.14. The topological polar surface area (TPSA) is 82.9 Å². The summed E-state index contributed by atoms with van der Waals surface area (Å²) in [6, 6.07) is 1.92. The molecule has 0 saturated heterocycles. The van der Waals surface area contributed by atoms with Gasteiger partial charge in [0.05, 0.1) is 11.5 Å². The SMILES string of the molecule is CC(C)CS(=O)(=O)Cc1ccc(F)c(N=[N+]=[N-])c1F. The first-order valence-corrected chi connectivity index (χ1v) is 7.31. The molecule has 0 aromatic heterocycles. The van der Waals surface area contributed by atoms with Gasteiger partial charge in [-0.3, -0.25) is 0 Å². The second kappa shape index (κ2) is 5.99. The summed E-state index contributed by atoms with van der Waals surface area (Å²) in [5.74, 6) is -2.90. The minimum atomic E-state index is -3.50. The Bertz CT molecular complexity index is 623. The molecule has 0 aliphatic carbocycles.